The fourth-order valence-corrected chi connectivity index (χ4v) is 1.76. The van der Waals surface area contributed by atoms with E-state index in [4.69, 9.17) is 5.73 Å². The third kappa shape index (κ3) is 3.23. The van der Waals surface area contributed by atoms with E-state index < -0.39 is 5.97 Å². The van der Waals surface area contributed by atoms with E-state index in [2.05, 4.69) is 20.3 Å². The molecule has 3 N–H and O–H groups in total. The number of nitrogens with two attached hydrogens (primary N) is 1. The highest BCUT2D eigenvalue weighted by molar-refractivity contribution is 5.86. The Hall–Kier alpha value is -2.63. The van der Waals surface area contributed by atoms with E-state index in [1.54, 1.807) is 12.1 Å². The molecule has 1 unspecified atom stereocenters. The summed E-state index contributed by atoms with van der Waals surface area (Å²) in [7, 11) is 1.30. The van der Waals surface area contributed by atoms with Gasteiger partial charge in [0.05, 0.1) is 13.2 Å². The van der Waals surface area contributed by atoms with Gasteiger partial charge in [0.1, 0.15) is 5.82 Å². The number of nitrogens with zero attached hydrogens (tertiary/aromatic N) is 2. The number of aromatic nitrogens is 2. The molecule has 0 radical (unpaired) electrons. The molecule has 0 bridgehead atoms. The average Bonchev–Trinajstić information content (AvgIpc) is 2.47. The number of hydrogen-bond donors (Lipinski definition) is 2. The van der Waals surface area contributed by atoms with Gasteiger partial charge in [0, 0.05) is 5.69 Å². The van der Waals surface area contributed by atoms with E-state index in [1.807, 2.05) is 31.2 Å². The Balaban J connectivity index is 2.08. The lowest BCUT2D eigenvalue weighted by molar-refractivity contribution is 0.0593. The van der Waals surface area contributed by atoms with Gasteiger partial charge in [-0.25, -0.2) is 4.79 Å². The van der Waals surface area contributed by atoms with Crippen molar-refractivity contribution in [2.24, 2.45) is 0 Å². The van der Waals surface area contributed by atoms with E-state index in [1.165, 1.54) is 7.11 Å². The van der Waals surface area contributed by atoms with E-state index >= 15 is 0 Å². The van der Waals surface area contributed by atoms with Crippen molar-refractivity contribution in [2.45, 2.75) is 13.0 Å². The predicted molar refractivity (Wildman–Crippen MR) is 76.3 cm³/mol. The van der Waals surface area contributed by atoms with Crippen LogP contribution in [-0.2, 0) is 4.74 Å². The Morgan fingerprint density at radius 1 is 1.30 bits per heavy atom. The fourth-order valence-electron chi connectivity index (χ4n) is 1.76. The van der Waals surface area contributed by atoms with Crippen molar-refractivity contribution >= 4 is 17.5 Å². The number of carbonyl (C=O) groups excluding carboxylic acids is 1. The molecule has 6 heteroatoms. The summed E-state index contributed by atoms with van der Waals surface area (Å²) in [6, 6.07) is 10.9. The van der Waals surface area contributed by atoms with Crippen LogP contribution in [0.3, 0.4) is 0 Å². The lowest BCUT2D eigenvalue weighted by atomic mass is 10.1. The molecule has 0 aliphatic carbocycles. The first-order chi connectivity index (χ1) is 9.60. The molecule has 0 spiro atoms. The summed E-state index contributed by atoms with van der Waals surface area (Å²) in [6.45, 7) is 1.99. The van der Waals surface area contributed by atoms with Crippen LogP contribution in [-0.4, -0.2) is 23.3 Å². The summed E-state index contributed by atoms with van der Waals surface area (Å²) in [5.41, 5.74) is 7.68. The summed E-state index contributed by atoms with van der Waals surface area (Å²) < 4.78 is 4.56. The number of anilines is 2. The average molecular weight is 272 g/mol. The second-order valence-electron chi connectivity index (χ2n) is 4.33. The number of ether oxygens (including phenoxy) is 1. The monoisotopic (exact) mass is 272 g/mol. The van der Waals surface area contributed by atoms with Gasteiger partial charge in [0.15, 0.2) is 5.69 Å². The minimum absolute atomic E-state index is 0.0248. The third-order valence-electron chi connectivity index (χ3n) is 2.83. The summed E-state index contributed by atoms with van der Waals surface area (Å²) in [4.78, 5) is 11.2. The van der Waals surface area contributed by atoms with E-state index in [0.717, 1.165) is 5.56 Å². The molecule has 2 aromatic rings. The zero-order valence-electron chi connectivity index (χ0n) is 11.3. The number of nitrogen functional groups attached to an aromatic ring is 1. The fraction of sp³-hybridized carbons (Fsp3) is 0.214. The Bertz CT molecular complexity index is 598. The van der Waals surface area contributed by atoms with Crippen molar-refractivity contribution in [3.63, 3.8) is 0 Å². The first-order valence-corrected chi connectivity index (χ1v) is 6.14. The van der Waals surface area contributed by atoms with Crippen molar-refractivity contribution in [2.75, 3.05) is 18.2 Å². The Labute approximate surface area is 117 Å². The number of benzene rings is 1. The van der Waals surface area contributed by atoms with Crippen molar-refractivity contribution in [1.82, 2.24) is 10.2 Å². The second-order valence-corrected chi connectivity index (χ2v) is 4.33. The highest BCUT2D eigenvalue weighted by Crippen LogP contribution is 2.19. The smallest absolute Gasteiger partial charge is 0.358 e. The largest absolute Gasteiger partial charge is 0.464 e. The van der Waals surface area contributed by atoms with Gasteiger partial charge in [-0.2, -0.15) is 0 Å². The molecule has 0 saturated heterocycles. The highest BCUT2D eigenvalue weighted by Gasteiger charge is 2.10. The lowest BCUT2D eigenvalue weighted by Gasteiger charge is -2.15. The zero-order valence-corrected chi connectivity index (χ0v) is 11.3. The van der Waals surface area contributed by atoms with Crippen molar-refractivity contribution < 1.29 is 9.53 Å². The molecule has 1 aromatic heterocycles. The summed E-state index contributed by atoms with van der Waals surface area (Å²) in [5, 5.41) is 10.9. The van der Waals surface area contributed by atoms with Gasteiger partial charge in [-0.3, -0.25) is 0 Å². The summed E-state index contributed by atoms with van der Waals surface area (Å²) in [6.07, 6.45) is 0. The number of carbonyl (C=O) groups is 1. The SMILES string of the molecule is COC(=O)c1ccc(NC(C)c2cccc(N)c2)nn1. The normalized spacial score (nSPS) is 11.7. The van der Waals surface area contributed by atoms with Gasteiger partial charge >= 0.3 is 5.97 Å². The zero-order chi connectivity index (χ0) is 14.5. The Morgan fingerprint density at radius 3 is 2.70 bits per heavy atom. The van der Waals surface area contributed by atoms with Crippen molar-refractivity contribution in [3.8, 4) is 0 Å². The highest BCUT2D eigenvalue weighted by atomic mass is 16.5. The topological polar surface area (TPSA) is 90.1 Å². The first kappa shape index (κ1) is 13.8. The maximum absolute atomic E-state index is 11.2. The van der Waals surface area contributed by atoms with Crippen LogP contribution in [0.5, 0.6) is 0 Å². The van der Waals surface area contributed by atoms with Crippen LogP contribution in [0.2, 0.25) is 0 Å². The molecule has 0 aliphatic heterocycles. The number of methoxy groups -OCH3 is 1. The lowest BCUT2D eigenvalue weighted by Crippen LogP contribution is -2.11. The van der Waals surface area contributed by atoms with Gasteiger partial charge in [-0.15, -0.1) is 10.2 Å². The molecule has 0 aliphatic rings. The predicted octanol–water partition coefficient (Wildman–Crippen LogP) is 2.02. The summed E-state index contributed by atoms with van der Waals surface area (Å²) >= 11 is 0. The van der Waals surface area contributed by atoms with Gasteiger partial charge in [-0.05, 0) is 36.8 Å². The Kier molecular flexibility index (Phi) is 4.14. The van der Waals surface area contributed by atoms with Crippen LogP contribution in [0.1, 0.15) is 29.0 Å². The standard InChI is InChI=1S/C14H16N4O2/c1-9(10-4-3-5-11(15)8-10)16-13-7-6-12(17-18-13)14(19)20-2/h3-9H,15H2,1-2H3,(H,16,18). The molecule has 1 aromatic carbocycles. The molecule has 20 heavy (non-hydrogen) atoms. The Morgan fingerprint density at radius 2 is 2.10 bits per heavy atom. The minimum atomic E-state index is -0.507. The first-order valence-electron chi connectivity index (χ1n) is 6.14. The van der Waals surface area contributed by atoms with Gasteiger partial charge in [0.2, 0.25) is 0 Å². The van der Waals surface area contributed by atoms with Gasteiger partial charge < -0.3 is 15.8 Å². The molecule has 6 nitrogen and oxygen atoms in total. The van der Waals surface area contributed by atoms with E-state index in [9.17, 15) is 4.79 Å². The molecule has 0 fully saturated rings. The molecule has 1 atom stereocenters. The number of rotatable bonds is 4. The van der Waals surface area contributed by atoms with Crippen LogP contribution in [0.15, 0.2) is 36.4 Å². The summed E-state index contributed by atoms with van der Waals surface area (Å²) in [5.74, 6) is 0.0699. The quantitative estimate of drug-likeness (QED) is 0.653. The number of esters is 1. The van der Waals surface area contributed by atoms with Gasteiger partial charge in [0.25, 0.3) is 0 Å². The van der Waals surface area contributed by atoms with Crippen LogP contribution >= 0.6 is 0 Å². The van der Waals surface area contributed by atoms with Crippen molar-refractivity contribution in [3.05, 3.63) is 47.7 Å². The molecule has 0 saturated carbocycles. The van der Waals surface area contributed by atoms with Crippen molar-refractivity contribution in [1.29, 1.82) is 0 Å². The molecular formula is C14H16N4O2. The molecular weight excluding hydrogens is 256 g/mol. The second kappa shape index (κ2) is 6.01. The third-order valence-corrected chi connectivity index (χ3v) is 2.83. The minimum Gasteiger partial charge on any atom is -0.464 e. The molecule has 2 rings (SSSR count). The number of hydrogen-bond acceptors (Lipinski definition) is 6. The molecule has 0 amide bonds. The van der Waals surface area contributed by atoms with Crippen LogP contribution in [0.25, 0.3) is 0 Å². The van der Waals surface area contributed by atoms with Crippen LogP contribution in [0, 0.1) is 0 Å². The van der Waals surface area contributed by atoms with E-state index in [0.29, 0.717) is 11.5 Å². The van der Waals surface area contributed by atoms with Gasteiger partial charge in [-0.1, -0.05) is 12.1 Å². The number of nitrogens with one attached hydrogen (secondary N) is 1. The maximum atomic E-state index is 11.2. The molecule has 104 valence electrons. The van der Waals surface area contributed by atoms with E-state index in [-0.39, 0.29) is 11.7 Å². The van der Waals surface area contributed by atoms with Crippen LogP contribution < -0.4 is 11.1 Å². The maximum Gasteiger partial charge on any atom is 0.358 e. The van der Waals surface area contributed by atoms with Crippen LogP contribution in [0.4, 0.5) is 11.5 Å². The molecule has 1 heterocycles.